The summed E-state index contributed by atoms with van der Waals surface area (Å²) in [6.07, 6.45) is -2.14. The molecule has 5 nitrogen and oxygen atoms in total. The summed E-state index contributed by atoms with van der Waals surface area (Å²) < 4.78 is 66.4. The number of anilines is 1. The summed E-state index contributed by atoms with van der Waals surface area (Å²) in [5.74, 6) is 0. The molecule has 2 aromatic carbocycles. The Bertz CT molecular complexity index is 983. The van der Waals surface area contributed by atoms with Gasteiger partial charge in [0.2, 0.25) is 0 Å². The van der Waals surface area contributed by atoms with Crippen molar-refractivity contribution in [2.75, 3.05) is 4.72 Å². The van der Waals surface area contributed by atoms with Gasteiger partial charge in [-0.15, -0.1) is 0 Å². The number of nitrogens with zero attached hydrogens (tertiary/aromatic N) is 2. The number of nitrogens with one attached hydrogen (secondary N) is 1. The van der Waals surface area contributed by atoms with E-state index in [4.69, 9.17) is 0 Å². The summed E-state index contributed by atoms with van der Waals surface area (Å²) in [6.45, 7) is 0. The molecule has 0 fully saturated rings. The fraction of sp³-hybridized carbons (Fsp3) is 0.0625. The first-order valence-electron chi connectivity index (χ1n) is 7.06. The molecule has 0 unspecified atom stereocenters. The summed E-state index contributed by atoms with van der Waals surface area (Å²) in [5.41, 5.74) is -0.460. The van der Waals surface area contributed by atoms with Crippen LogP contribution in [0.5, 0.6) is 0 Å². The molecule has 25 heavy (non-hydrogen) atoms. The highest BCUT2D eigenvalue weighted by Gasteiger charge is 2.30. The molecule has 9 heteroatoms. The van der Waals surface area contributed by atoms with Crippen LogP contribution in [0.1, 0.15) is 5.56 Å². The van der Waals surface area contributed by atoms with E-state index in [1.165, 1.54) is 16.9 Å². The van der Waals surface area contributed by atoms with E-state index in [-0.39, 0.29) is 10.6 Å². The maximum atomic E-state index is 12.7. The average Bonchev–Trinajstić information content (AvgIpc) is 3.06. The van der Waals surface area contributed by atoms with Crippen molar-refractivity contribution in [1.29, 1.82) is 0 Å². The van der Waals surface area contributed by atoms with Gasteiger partial charge in [-0.3, -0.25) is 4.72 Å². The van der Waals surface area contributed by atoms with Crippen LogP contribution in [0.3, 0.4) is 0 Å². The molecule has 0 aliphatic heterocycles. The van der Waals surface area contributed by atoms with Crippen LogP contribution >= 0.6 is 0 Å². The Morgan fingerprint density at radius 1 is 1.00 bits per heavy atom. The molecule has 0 atom stereocenters. The molecule has 0 spiro atoms. The number of alkyl halides is 3. The molecule has 1 N–H and O–H groups in total. The van der Waals surface area contributed by atoms with E-state index in [0.717, 1.165) is 24.4 Å². The quantitative estimate of drug-likeness (QED) is 0.765. The van der Waals surface area contributed by atoms with Gasteiger partial charge in [0, 0.05) is 5.69 Å². The molecule has 130 valence electrons. The van der Waals surface area contributed by atoms with E-state index in [0.29, 0.717) is 5.69 Å². The number of hydrogen-bond donors (Lipinski definition) is 1. The monoisotopic (exact) mass is 367 g/mol. The summed E-state index contributed by atoms with van der Waals surface area (Å²) >= 11 is 0. The third-order valence-electron chi connectivity index (χ3n) is 3.33. The molecular formula is C16H12F3N3O2S. The first-order valence-corrected chi connectivity index (χ1v) is 8.54. The fourth-order valence-electron chi connectivity index (χ4n) is 2.14. The topological polar surface area (TPSA) is 64.0 Å². The Labute approximate surface area is 141 Å². The zero-order chi connectivity index (χ0) is 18.1. The molecule has 3 aromatic rings. The predicted molar refractivity (Wildman–Crippen MR) is 85.8 cm³/mol. The Morgan fingerprint density at radius 3 is 2.40 bits per heavy atom. The normalized spacial score (nSPS) is 12.1. The molecule has 0 aliphatic carbocycles. The second-order valence-electron chi connectivity index (χ2n) is 5.14. The lowest BCUT2D eigenvalue weighted by Crippen LogP contribution is -2.13. The van der Waals surface area contributed by atoms with Crippen molar-refractivity contribution in [3.05, 3.63) is 72.6 Å². The van der Waals surface area contributed by atoms with Gasteiger partial charge in [0.15, 0.2) is 0 Å². The third-order valence-corrected chi connectivity index (χ3v) is 4.67. The van der Waals surface area contributed by atoms with Crippen molar-refractivity contribution in [2.24, 2.45) is 0 Å². The smallest absolute Gasteiger partial charge is 0.280 e. The van der Waals surface area contributed by atoms with Gasteiger partial charge in [0.05, 0.1) is 23.6 Å². The molecule has 1 heterocycles. The molecule has 0 bridgehead atoms. The van der Waals surface area contributed by atoms with Crippen LogP contribution in [0.2, 0.25) is 0 Å². The standard InChI is InChI=1S/C16H12F3N3O2S/c17-16(18,19)12-5-4-6-13(9-12)21-25(23,24)15-10-20-22(11-15)14-7-2-1-3-8-14/h1-11,21H. The Balaban J connectivity index is 1.87. The van der Waals surface area contributed by atoms with Crippen molar-refractivity contribution in [1.82, 2.24) is 9.78 Å². The van der Waals surface area contributed by atoms with E-state index in [1.54, 1.807) is 30.3 Å². The van der Waals surface area contributed by atoms with Crippen LogP contribution in [0, 0.1) is 0 Å². The SMILES string of the molecule is O=S(=O)(Nc1cccc(C(F)(F)F)c1)c1cnn(-c2ccccc2)c1. The van der Waals surface area contributed by atoms with Crippen molar-refractivity contribution in [3.8, 4) is 5.69 Å². The molecule has 3 rings (SSSR count). The molecule has 0 saturated carbocycles. The lowest BCUT2D eigenvalue weighted by Gasteiger charge is -2.10. The minimum absolute atomic E-state index is 0.159. The molecule has 0 aliphatic rings. The number of hydrogen-bond acceptors (Lipinski definition) is 3. The number of sulfonamides is 1. The minimum Gasteiger partial charge on any atom is -0.280 e. The Morgan fingerprint density at radius 2 is 1.72 bits per heavy atom. The van der Waals surface area contributed by atoms with E-state index in [9.17, 15) is 21.6 Å². The highest BCUT2D eigenvalue weighted by Crippen LogP contribution is 2.31. The summed E-state index contributed by atoms with van der Waals surface area (Å²) in [4.78, 5) is -0.159. The fourth-order valence-corrected chi connectivity index (χ4v) is 3.12. The number of halogens is 3. The summed E-state index contributed by atoms with van der Waals surface area (Å²) in [5, 5.41) is 3.97. The predicted octanol–water partition coefficient (Wildman–Crippen LogP) is 3.69. The molecular weight excluding hydrogens is 355 g/mol. The van der Waals surface area contributed by atoms with Gasteiger partial charge < -0.3 is 0 Å². The Hall–Kier alpha value is -2.81. The summed E-state index contributed by atoms with van der Waals surface area (Å²) in [7, 11) is -4.06. The van der Waals surface area contributed by atoms with Gasteiger partial charge in [-0.1, -0.05) is 24.3 Å². The maximum absolute atomic E-state index is 12.7. The number of aromatic nitrogens is 2. The van der Waals surface area contributed by atoms with E-state index in [1.807, 2.05) is 0 Å². The van der Waals surface area contributed by atoms with Gasteiger partial charge >= 0.3 is 6.18 Å². The second-order valence-corrected chi connectivity index (χ2v) is 6.82. The van der Waals surface area contributed by atoms with Gasteiger partial charge in [0.25, 0.3) is 10.0 Å². The van der Waals surface area contributed by atoms with E-state index >= 15 is 0 Å². The zero-order valence-electron chi connectivity index (χ0n) is 12.6. The van der Waals surface area contributed by atoms with Crippen LogP contribution in [-0.4, -0.2) is 18.2 Å². The minimum atomic E-state index is -4.56. The van der Waals surface area contributed by atoms with Crippen molar-refractivity contribution < 1.29 is 21.6 Å². The van der Waals surface area contributed by atoms with Crippen molar-refractivity contribution >= 4 is 15.7 Å². The van der Waals surface area contributed by atoms with Gasteiger partial charge in [-0.25, -0.2) is 13.1 Å². The molecule has 0 radical (unpaired) electrons. The van der Waals surface area contributed by atoms with E-state index in [2.05, 4.69) is 9.82 Å². The first-order chi connectivity index (χ1) is 11.8. The van der Waals surface area contributed by atoms with Crippen molar-refractivity contribution in [3.63, 3.8) is 0 Å². The zero-order valence-corrected chi connectivity index (χ0v) is 13.4. The third kappa shape index (κ3) is 3.82. The van der Waals surface area contributed by atoms with Crippen LogP contribution in [-0.2, 0) is 16.2 Å². The lowest BCUT2D eigenvalue weighted by atomic mass is 10.2. The first kappa shape index (κ1) is 17.0. The van der Waals surface area contributed by atoms with Gasteiger partial charge in [-0.2, -0.15) is 18.3 Å². The van der Waals surface area contributed by atoms with Crippen LogP contribution in [0.25, 0.3) is 5.69 Å². The summed E-state index contributed by atoms with van der Waals surface area (Å²) in [6, 6.07) is 12.8. The van der Waals surface area contributed by atoms with E-state index < -0.39 is 21.8 Å². The Kier molecular flexibility index (Phi) is 4.25. The van der Waals surface area contributed by atoms with Gasteiger partial charge in [-0.05, 0) is 30.3 Å². The number of benzene rings is 2. The van der Waals surface area contributed by atoms with Gasteiger partial charge in [0.1, 0.15) is 4.90 Å². The molecule has 0 amide bonds. The van der Waals surface area contributed by atoms with Crippen LogP contribution < -0.4 is 4.72 Å². The highest BCUT2D eigenvalue weighted by atomic mass is 32.2. The molecule has 1 aromatic heterocycles. The number of para-hydroxylation sites is 1. The lowest BCUT2D eigenvalue weighted by molar-refractivity contribution is -0.137. The average molecular weight is 367 g/mol. The van der Waals surface area contributed by atoms with Crippen molar-refractivity contribution in [2.45, 2.75) is 11.1 Å². The van der Waals surface area contributed by atoms with Crippen LogP contribution in [0.4, 0.5) is 18.9 Å². The highest BCUT2D eigenvalue weighted by molar-refractivity contribution is 7.92. The second kappa shape index (κ2) is 6.25. The number of rotatable bonds is 4. The van der Waals surface area contributed by atoms with Crippen LogP contribution in [0.15, 0.2) is 71.9 Å². The molecule has 0 saturated heterocycles. The maximum Gasteiger partial charge on any atom is 0.416 e. The largest absolute Gasteiger partial charge is 0.416 e.